The Hall–Kier alpha value is -1.47. The van der Waals surface area contributed by atoms with Gasteiger partial charge in [0, 0.05) is 13.1 Å². The van der Waals surface area contributed by atoms with Gasteiger partial charge in [0.25, 0.3) is 0 Å². The van der Waals surface area contributed by atoms with Crippen LogP contribution in [0, 0.1) is 0 Å². The van der Waals surface area contributed by atoms with E-state index in [0.29, 0.717) is 19.7 Å². The first kappa shape index (κ1) is 14.9. The monoisotopic (exact) mass is 281 g/mol. The first-order chi connectivity index (χ1) is 9.29. The average molecular weight is 281 g/mol. The van der Waals surface area contributed by atoms with Crippen LogP contribution in [0.2, 0.25) is 0 Å². The molecule has 2 N–H and O–H groups in total. The minimum atomic E-state index is -0.413. The van der Waals surface area contributed by atoms with Crippen molar-refractivity contribution in [2.24, 2.45) is 5.73 Å². The van der Waals surface area contributed by atoms with Gasteiger partial charge in [-0.15, -0.1) is 5.10 Å². The van der Waals surface area contributed by atoms with Crippen molar-refractivity contribution < 1.29 is 9.53 Å². The summed E-state index contributed by atoms with van der Waals surface area (Å²) in [5.41, 5.74) is 6.20. The maximum Gasteiger partial charge on any atom is 0.237 e. The van der Waals surface area contributed by atoms with E-state index in [2.05, 4.69) is 31.1 Å². The number of carbonyl (C=O) groups is 1. The number of carbonyl (C=O) groups excluding carboxylic acids is 1. The Bertz CT molecular complexity index is 479. The fourth-order valence-corrected chi connectivity index (χ4v) is 2.38. The average Bonchev–Trinajstić information content (AvgIpc) is 2.76. The van der Waals surface area contributed by atoms with Gasteiger partial charge in [-0.2, -0.15) is 0 Å². The molecule has 20 heavy (non-hydrogen) atoms. The van der Waals surface area contributed by atoms with Crippen LogP contribution in [0.4, 0.5) is 0 Å². The first-order valence-corrected chi connectivity index (χ1v) is 6.85. The third-order valence-electron chi connectivity index (χ3n) is 3.48. The van der Waals surface area contributed by atoms with Crippen LogP contribution >= 0.6 is 0 Å². The lowest BCUT2D eigenvalue weighted by Gasteiger charge is -2.37. The molecular formula is C13H23N5O2. The molecule has 0 unspecified atom stereocenters. The summed E-state index contributed by atoms with van der Waals surface area (Å²) in [4.78, 5) is 13.6. The number of hydrogen-bond donors (Lipinski definition) is 1. The molecule has 0 spiro atoms. The molecule has 0 bridgehead atoms. The van der Waals surface area contributed by atoms with Gasteiger partial charge in [0.1, 0.15) is 6.04 Å². The van der Waals surface area contributed by atoms with Gasteiger partial charge < -0.3 is 10.5 Å². The van der Waals surface area contributed by atoms with Crippen LogP contribution in [0.15, 0.2) is 6.20 Å². The van der Waals surface area contributed by atoms with Crippen LogP contribution < -0.4 is 5.73 Å². The molecule has 1 amide bonds. The van der Waals surface area contributed by atoms with Crippen LogP contribution in [0.3, 0.4) is 0 Å². The number of nitrogens with two attached hydrogens (primary N) is 1. The fraction of sp³-hybridized carbons (Fsp3) is 0.769. The van der Waals surface area contributed by atoms with Crippen LogP contribution in [0.1, 0.15) is 33.4 Å². The van der Waals surface area contributed by atoms with Crippen LogP contribution in [-0.4, -0.2) is 51.1 Å². The lowest BCUT2D eigenvalue weighted by molar-refractivity contribution is -0.136. The standard InChI is InChI=1S/C13H23N5O2/c1-9-11(12(14)19)17(5-6-20-9)7-10-8-18(16-15-10)13(2,3)4/h8-9,11H,5-7H2,1-4H3,(H2,14,19)/t9-,11+/m1/s1. The molecule has 1 aliphatic heterocycles. The Morgan fingerprint density at radius 1 is 1.55 bits per heavy atom. The smallest absolute Gasteiger partial charge is 0.237 e. The van der Waals surface area contributed by atoms with Crippen molar-refractivity contribution in [3.8, 4) is 0 Å². The maximum atomic E-state index is 11.6. The fourth-order valence-electron chi connectivity index (χ4n) is 2.38. The number of primary amides is 1. The van der Waals surface area contributed by atoms with E-state index < -0.39 is 6.04 Å². The Morgan fingerprint density at radius 3 is 2.80 bits per heavy atom. The molecule has 1 aromatic rings. The molecule has 2 heterocycles. The van der Waals surface area contributed by atoms with Crippen molar-refractivity contribution in [2.75, 3.05) is 13.2 Å². The highest BCUT2D eigenvalue weighted by molar-refractivity contribution is 5.80. The summed E-state index contributed by atoms with van der Waals surface area (Å²) in [6.07, 6.45) is 1.72. The van der Waals surface area contributed by atoms with Crippen molar-refractivity contribution in [3.63, 3.8) is 0 Å². The van der Waals surface area contributed by atoms with Crippen molar-refractivity contribution in [2.45, 2.75) is 51.9 Å². The molecule has 0 aromatic carbocycles. The van der Waals surface area contributed by atoms with E-state index in [-0.39, 0.29) is 17.6 Å². The van der Waals surface area contributed by atoms with Gasteiger partial charge in [-0.25, -0.2) is 4.68 Å². The van der Waals surface area contributed by atoms with Gasteiger partial charge >= 0.3 is 0 Å². The molecule has 1 aliphatic rings. The van der Waals surface area contributed by atoms with Crippen LogP contribution in [-0.2, 0) is 21.6 Å². The van der Waals surface area contributed by atoms with Crippen molar-refractivity contribution in [1.82, 2.24) is 19.9 Å². The van der Waals surface area contributed by atoms with E-state index in [1.54, 1.807) is 0 Å². The Labute approximate surface area is 119 Å². The number of amides is 1. The Balaban J connectivity index is 2.11. The lowest BCUT2D eigenvalue weighted by Crippen LogP contribution is -2.56. The molecule has 0 aliphatic carbocycles. The molecule has 0 radical (unpaired) electrons. The topological polar surface area (TPSA) is 86.3 Å². The molecule has 7 nitrogen and oxygen atoms in total. The lowest BCUT2D eigenvalue weighted by atomic mass is 10.1. The van der Waals surface area contributed by atoms with Crippen molar-refractivity contribution in [3.05, 3.63) is 11.9 Å². The van der Waals surface area contributed by atoms with Gasteiger partial charge in [-0.1, -0.05) is 5.21 Å². The van der Waals surface area contributed by atoms with E-state index in [4.69, 9.17) is 10.5 Å². The minimum absolute atomic E-state index is 0.105. The molecule has 7 heteroatoms. The van der Waals surface area contributed by atoms with E-state index in [1.165, 1.54) is 0 Å². The number of nitrogens with zero attached hydrogens (tertiary/aromatic N) is 4. The molecule has 112 valence electrons. The summed E-state index contributed by atoms with van der Waals surface area (Å²) < 4.78 is 7.32. The van der Waals surface area contributed by atoms with Crippen LogP contribution in [0.5, 0.6) is 0 Å². The van der Waals surface area contributed by atoms with Gasteiger partial charge in [-0.3, -0.25) is 9.69 Å². The highest BCUT2D eigenvalue weighted by Gasteiger charge is 2.34. The normalized spacial score (nSPS) is 24.8. The molecule has 0 saturated carbocycles. The molecule has 2 atom stereocenters. The first-order valence-electron chi connectivity index (χ1n) is 6.85. The SMILES string of the molecule is C[C@H]1OCCN(Cc2cn(C(C)(C)C)nn2)[C@@H]1C(N)=O. The van der Waals surface area contributed by atoms with Gasteiger partial charge in [-0.05, 0) is 27.7 Å². The predicted octanol–water partition coefficient (Wildman–Crippen LogP) is 0.108. The second kappa shape index (κ2) is 5.49. The molecule has 1 aromatic heterocycles. The van der Waals surface area contributed by atoms with E-state index in [9.17, 15) is 4.79 Å². The van der Waals surface area contributed by atoms with E-state index in [1.807, 2.05) is 22.7 Å². The zero-order valence-corrected chi connectivity index (χ0v) is 12.5. The highest BCUT2D eigenvalue weighted by Crippen LogP contribution is 2.17. The zero-order chi connectivity index (χ0) is 14.9. The Morgan fingerprint density at radius 2 is 2.25 bits per heavy atom. The van der Waals surface area contributed by atoms with Crippen LogP contribution in [0.25, 0.3) is 0 Å². The summed E-state index contributed by atoms with van der Waals surface area (Å²) >= 11 is 0. The number of ether oxygens (including phenoxy) is 1. The number of aromatic nitrogens is 3. The highest BCUT2D eigenvalue weighted by atomic mass is 16.5. The number of rotatable bonds is 3. The summed E-state index contributed by atoms with van der Waals surface area (Å²) in [7, 11) is 0. The maximum absolute atomic E-state index is 11.6. The van der Waals surface area contributed by atoms with Gasteiger partial charge in [0.2, 0.25) is 5.91 Å². The van der Waals surface area contributed by atoms with Gasteiger partial charge in [0.05, 0.1) is 30.1 Å². The van der Waals surface area contributed by atoms with Crippen molar-refractivity contribution in [1.29, 1.82) is 0 Å². The summed E-state index contributed by atoms with van der Waals surface area (Å²) in [6, 6.07) is -0.413. The summed E-state index contributed by atoms with van der Waals surface area (Å²) in [6.45, 7) is 9.88. The molecule has 2 rings (SSSR count). The number of hydrogen-bond acceptors (Lipinski definition) is 5. The largest absolute Gasteiger partial charge is 0.375 e. The molecular weight excluding hydrogens is 258 g/mol. The summed E-state index contributed by atoms with van der Waals surface area (Å²) in [5, 5.41) is 8.31. The van der Waals surface area contributed by atoms with Gasteiger partial charge in [0.15, 0.2) is 0 Å². The zero-order valence-electron chi connectivity index (χ0n) is 12.5. The summed E-state index contributed by atoms with van der Waals surface area (Å²) in [5.74, 6) is -0.361. The minimum Gasteiger partial charge on any atom is -0.375 e. The van der Waals surface area contributed by atoms with Crippen molar-refractivity contribution >= 4 is 5.91 Å². The molecule has 1 fully saturated rings. The quantitative estimate of drug-likeness (QED) is 0.849. The molecule has 1 saturated heterocycles. The second-order valence-corrected chi connectivity index (χ2v) is 6.22. The van der Waals surface area contributed by atoms with E-state index >= 15 is 0 Å². The van der Waals surface area contributed by atoms with E-state index in [0.717, 1.165) is 5.69 Å². The third kappa shape index (κ3) is 3.16. The third-order valence-corrected chi connectivity index (χ3v) is 3.48. The predicted molar refractivity (Wildman–Crippen MR) is 73.8 cm³/mol. The Kier molecular flexibility index (Phi) is 4.10. The second-order valence-electron chi connectivity index (χ2n) is 6.22. The number of morpholine rings is 1.